The number of nitrogens with zero attached hydrogens (tertiary/aromatic N) is 1. The van der Waals surface area contributed by atoms with E-state index in [1.807, 2.05) is 30.3 Å². The maximum atomic E-state index is 13.6. The maximum Gasteiger partial charge on any atom is 0.323 e. The fourth-order valence-electron chi connectivity index (χ4n) is 6.71. The van der Waals surface area contributed by atoms with Crippen molar-refractivity contribution >= 4 is 17.8 Å². The first-order valence-electron chi connectivity index (χ1n) is 10.4. The number of benzene rings is 1. The monoisotopic (exact) mass is 382 g/mol. The van der Waals surface area contributed by atoms with Crippen LogP contribution < -0.4 is 5.32 Å². The number of piperazine rings is 1. The number of hydrogen-bond acceptors (Lipinski definition) is 4. The van der Waals surface area contributed by atoms with Crippen molar-refractivity contribution in [1.29, 1.82) is 0 Å². The van der Waals surface area contributed by atoms with Gasteiger partial charge in [-0.3, -0.25) is 24.6 Å². The molecule has 6 rings (SSSR count). The smallest absolute Gasteiger partial charge is 0.323 e. The minimum atomic E-state index is -1.14. The Morgan fingerprint density at radius 3 is 2.21 bits per heavy atom. The summed E-state index contributed by atoms with van der Waals surface area (Å²) in [5.41, 5.74) is 0.243. The predicted molar refractivity (Wildman–Crippen MR) is 101 cm³/mol. The molecule has 28 heavy (non-hydrogen) atoms. The zero-order valence-corrected chi connectivity index (χ0v) is 15.8. The molecule has 5 aliphatic rings. The largest absolute Gasteiger partial charge is 0.480 e. The summed E-state index contributed by atoms with van der Waals surface area (Å²) < 4.78 is 0. The van der Waals surface area contributed by atoms with Gasteiger partial charge in [-0.05, 0) is 67.8 Å². The molecule has 0 radical (unpaired) electrons. The van der Waals surface area contributed by atoms with E-state index in [9.17, 15) is 19.5 Å². The number of carbonyl (C=O) groups excluding carboxylic acids is 2. The number of rotatable bonds is 4. The van der Waals surface area contributed by atoms with Gasteiger partial charge < -0.3 is 5.11 Å². The maximum absolute atomic E-state index is 13.6. The summed E-state index contributed by atoms with van der Waals surface area (Å²) in [6.45, 7) is -0.543. The summed E-state index contributed by atoms with van der Waals surface area (Å²) in [7, 11) is 0. The van der Waals surface area contributed by atoms with E-state index in [2.05, 4.69) is 5.32 Å². The third-order valence-corrected chi connectivity index (χ3v) is 7.58. The van der Waals surface area contributed by atoms with Crippen LogP contribution in [0.4, 0.5) is 0 Å². The summed E-state index contributed by atoms with van der Waals surface area (Å²) in [5.74, 6) is -0.0609. The second kappa shape index (κ2) is 6.41. The molecule has 1 saturated heterocycles. The van der Waals surface area contributed by atoms with Gasteiger partial charge in [0.15, 0.2) is 0 Å². The van der Waals surface area contributed by atoms with Crippen molar-refractivity contribution in [2.24, 2.45) is 23.7 Å². The average Bonchev–Trinajstić information content (AvgIpc) is 2.66. The Balaban J connectivity index is 1.52. The predicted octanol–water partition coefficient (Wildman–Crippen LogP) is 1.84. The van der Waals surface area contributed by atoms with Crippen molar-refractivity contribution < 1.29 is 19.5 Å². The minimum absolute atomic E-state index is 0.207. The molecule has 148 valence electrons. The van der Waals surface area contributed by atoms with E-state index in [1.54, 1.807) is 0 Å². The third-order valence-electron chi connectivity index (χ3n) is 7.58. The second-order valence-electron chi connectivity index (χ2n) is 9.18. The van der Waals surface area contributed by atoms with Crippen LogP contribution in [0.15, 0.2) is 30.3 Å². The normalized spacial score (nSPS) is 39.0. The van der Waals surface area contributed by atoms with E-state index in [0.717, 1.165) is 36.1 Å². The molecule has 5 fully saturated rings. The van der Waals surface area contributed by atoms with Crippen LogP contribution in [0.2, 0.25) is 0 Å². The molecule has 1 aliphatic heterocycles. The topological polar surface area (TPSA) is 86.7 Å². The summed E-state index contributed by atoms with van der Waals surface area (Å²) in [6.07, 6.45) is 5.79. The van der Waals surface area contributed by atoms with Crippen LogP contribution in [0.1, 0.15) is 37.7 Å². The van der Waals surface area contributed by atoms with Gasteiger partial charge in [0.05, 0.1) is 6.04 Å². The molecule has 4 aliphatic carbocycles. The Morgan fingerprint density at radius 2 is 1.64 bits per heavy atom. The number of carboxylic acid groups (broad SMARTS) is 1. The molecule has 1 aromatic rings. The zero-order chi connectivity index (χ0) is 19.5. The molecule has 1 aromatic carbocycles. The first kappa shape index (κ1) is 17.9. The van der Waals surface area contributed by atoms with Crippen molar-refractivity contribution in [2.45, 2.75) is 50.1 Å². The highest BCUT2D eigenvalue weighted by molar-refractivity contribution is 6.07. The molecule has 6 nitrogen and oxygen atoms in total. The third kappa shape index (κ3) is 2.61. The number of carboxylic acids is 1. The first-order valence-corrected chi connectivity index (χ1v) is 10.4. The fraction of sp³-hybridized carbons (Fsp3) is 0.591. The van der Waals surface area contributed by atoms with E-state index in [4.69, 9.17) is 0 Å². The molecule has 4 saturated carbocycles. The summed E-state index contributed by atoms with van der Waals surface area (Å²) in [4.78, 5) is 39.1. The van der Waals surface area contributed by atoms with Crippen LogP contribution in [0.25, 0.3) is 0 Å². The number of hydrogen-bond donors (Lipinski definition) is 2. The van der Waals surface area contributed by atoms with Gasteiger partial charge in [-0.25, -0.2) is 0 Å². The average molecular weight is 382 g/mol. The van der Waals surface area contributed by atoms with Crippen LogP contribution >= 0.6 is 0 Å². The number of nitrogens with one attached hydrogen (secondary N) is 1. The zero-order valence-electron chi connectivity index (χ0n) is 15.8. The minimum Gasteiger partial charge on any atom is -0.480 e. The van der Waals surface area contributed by atoms with Crippen LogP contribution in [-0.4, -0.2) is 45.9 Å². The molecular weight excluding hydrogens is 356 g/mol. The van der Waals surface area contributed by atoms with Gasteiger partial charge in [0.2, 0.25) is 5.91 Å². The number of imide groups is 1. The van der Waals surface area contributed by atoms with Crippen LogP contribution in [-0.2, 0) is 20.8 Å². The van der Waals surface area contributed by atoms with Gasteiger partial charge in [-0.1, -0.05) is 30.3 Å². The van der Waals surface area contributed by atoms with E-state index in [0.29, 0.717) is 18.3 Å². The highest BCUT2D eigenvalue weighted by Crippen LogP contribution is 2.59. The van der Waals surface area contributed by atoms with Crippen molar-refractivity contribution in [2.75, 3.05) is 6.54 Å². The molecule has 6 heteroatoms. The van der Waals surface area contributed by atoms with Crippen LogP contribution in [0, 0.1) is 23.7 Å². The molecule has 4 bridgehead atoms. The lowest BCUT2D eigenvalue weighted by atomic mass is 9.47. The lowest BCUT2D eigenvalue weighted by Crippen LogP contribution is -2.79. The van der Waals surface area contributed by atoms with Crippen molar-refractivity contribution in [3.8, 4) is 0 Å². The lowest BCUT2D eigenvalue weighted by Gasteiger charge is -2.63. The van der Waals surface area contributed by atoms with Crippen molar-refractivity contribution in [3.05, 3.63) is 35.9 Å². The Kier molecular flexibility index (Phi) is 4.09. The Labute approximate surface area is 164 Å². The number of aliphatic carboxylic acids is 1. The van der Waals surface area contributed by atoms with E-state index < -0.39 is 30.0 Å². The molecule has 1 heterocycles. The highest BCUT2D eigenvalue weighted by Gasteiger charge is 2.65. The molecule has 1 atom stereocenters. The van der Waals surface area contributed by atoms with E-state index >= 15 is 0 Å². The molecule has 2 amide bonds. The Morgan fingerprint density at radius 1 is 1.04 bits per heavy atom. The Hall–Kier alpha value is -2.21. The van der Waals surface area contributed by atoms with Gasteiger partial charge in [0, 0.05) is 0 Å². The number of amides is 2. The first-order chi connectivity index (χ1) is 13.5. The molecule has 0 unspecified atom stereocenters. The molecular formula is C22H26N2O4. The van der Waals surface area contributed by atoms with Crippen molar-refractivity contribution in [3.63, 3.8) is 0 Å². The highest BCUT2D eigenvalue weighted by atomic mass is 16.4. The summed E-state index contributed by atoms with van der Waals surface area (Å²) >= 11 is 0. The quantitative estimate of drug-likeness (QED) is 0.776. The molecule has 2 N–H and O–H groups in total. The summed E-state index contributed by atoms with van der Waals surface area (Å²) in [5, 5.41) is 12.9. The number of carbonyl (C=O) groups is 3. The standard InChI is InChI=1S/C22H26N2O4/c25-19(26)12-24-20(27)18(11-13-4-2-1-3-5-13)23-22(21(24)28)16-7-14-6-15(9-16)10-17(22)8-14/h1-5,14-18,23H,6-12H2,(H,25,26)/t14?,15?,16?,17?,18-,22?/m0/s1. The molecule has 0 aromatic heterocycles. The Bertz CT molecular complexity index is 793. The van der Waals surface area contributed by atoms with Crippen molar-refractivity contribution in [1.82, 2.24) is 10.2 Å². The lowest BCUT2D eigenvalue weighted by molar-refractivity contribution is -0.176. The fourth-order valence-corrected chi connectivity index (χ4v) is 6.71. The summed E-state index contributed by atoms with van der Waals surface area (Å²) in [6, 6.07) is 9.17. The molecule has 1 spiro atoms. The van der Waals surface area contributed by atoms with Gasteiger partial charge in [0.1, 0.15) is 12.1 Å². The van der Waals surface area contributed by atoms with Crippen LogP contribution in [0.5, 0.6) is 0 Å². The second-order valence-corrected chi connectivity index (χ2v) is 9.18. The van der Waals surface area contributed by atoms with Gasteiger partial charge in [0.25, 0.3) is 5.91 Å². The van der Waals surface area contributed by atoms with E-state index in [1.165, 1.54) is 6.42 Å². The SMILES string of the molecule is O=C(O)CN1C(=O)[C@H](Cc2ccccc2)NC2(C1=O)C1CC3CC(C1)CC2C3. The van der Waals surface area contributed by atoms with Gasteiger partial charge >= 0.3 is 5.97 Å². The van der Waals surface area contributed by atoms with E-state index in [-0.39, 0.29) is 17.7 Å². The van der Waals surface area contributed by atoms with Gasteiger partial charge in [-0.2, -0.15) is 0 Å². The van der Waals surface area contributed by atoms with Crippen LogP contribution in [0.3, 0.4) is 0 Å². The van der Waals surface area contributed by atoms with Gasteiger partial charge in [-0.15, -0.1) is 0 Å².